The fourth-order valence-electron chi connectivity index (χ4n) is 3.34. The highest BCUT2D eigenvalue weighted by atomic mass is 35.5. The topological polar surface area (TPSA) is 95.3 Å². The molecule has 0 atom stereocenters. The quantitative estimate of drug-likeness (QED) is 0.411. The number of carbonyl (C=O) groups is 1. The monoisotopic (exact) mass is 491 g/mol. The Balaban J connectivity index is 0.00000408. The molecule has 1 N–H and O–H groups in total. The van der Waals surface area contributed by atoms with E-state index in [0.29, 0.717) is 41.1 Å². The van der Waals surface area contributed by atoms with E-state index in [-0.39, 0.29) is 18.4 Å². The number of urea groups is 1. The minimum absolute atomic E-state index is 0. The molecule has 0 aliphatic rings. The second kappa shape index (κ2) is 12.2. The van der Waals surface area contributed by atoms with E-state index in [2.05, 4.69) is 10.5 Å². The van der Waals surface area contributed by atoms with Crippen LogP contribution in [-0.4, -0.2) is 46.2 Å². The molecule has 3 aromatic rings. The Morgan fingerprint density at radius 3 is 2.26 bits per heavy atom. The molecule has 2 aromatic carbocycles. The SMILES string of the molecule is COc1cc(-c2nocc2-c2cccc(N(OC)C(=O)NCC(C)C)c2)cc(OC)c1OC.Cl. The van der Waals surface area contributed by atoms with E-state index >= 15 is 0 Å². The third-order valence-corrected chi connectivity index (χ3v) is 4.93. The van der Waals surface area contributed by atoms with Crippen molar-refractivity contribution in [2.24, 2.45) is 5.92 Å². The Labute approximate surface area is 205 Å². The van der Waals surface area contributed by atoms with Gasteiger partial charge in [0, 0.05) is 17.7 Å². The van der Waals surface area contributed by atoms with E-state index in [1.54, 1.807) is 45.8 Å². The summed E-state index contributed by atoms with van der Waals surface area (Å²) in [6, 6.07) is 10.6. The first-order valence-electron chi connectivity index (χ1n) is 10.4. The lowest BCUT2D eigenvalue weighted by Gasteiger charge is -2.21. The van der Waals surface area contributed by atoms with E-state index < -0.39 is 0 Å². The van der Waals surface area contributed by atoms with Crippen LogP contribution >= 0.6 is 12.4 Å². The first-order chi connectivity index (χ1) is 15.9. The van der Waals surface area contributed by atoms with E-state index in [9.17, 15) is 4.79 Å². The smallest absolute Gasteiger partial charge is 0.346 e. The van der Waals surface area contributed by atoms with Crippen molar-refractivity contribution in [1.29, 1.82) is 0 Å². The molecule has 0 bridgehead atoms. The van der Waals surface area contributed by atoms with Gasteiger partial charge in [0.05, 0.1) is 34.1 Å². The zero-order valence-electron chi connectivity index (χ0n) is 20.1. The van der Waals surface area contributed by atoms with Crippen molar-refractivity contribution in [2.75, 3.05) is 40.0 Å². The highest BCUT2D eigenvalue weighted by molar-refractivity contribution is 5.91. The molecule has 0 radical (unpaired) electrons. The van der Waals surface area contributed by atoms with Crippen LogP contribution in [0.4, 0.5) is 10.5 Å². The second-order valence-corrected chi connectivity index (χ2v) is 7.60. The Morgan fingerprint density at radius 2 is 1.71 bits per heavy atom. The maximum Gasteiger partial charge on any atom is 0.346 e. The summed E-state index contributed by atoms with van der Waals surface area (Å²) in [6.07, 6.45) is 1.55. The summed E-state index contributed by atoms with van der Waals surface area (Å²) >= 11 is 0. The van der Waals surface area contributed by atoms with Gasteiger partial charge in [-0.25, -0.2) is 4.79 Å². The molecule has 2 amide bonds. The van der Waals surface area contributed by atoms with Crippen molar-refractivity contribution in [2.45, 2.75) is 13.8 Å². The number of benzene rings is 2. The molecule has 0 spiro atoms. The normalized spacial score (nSPS) is 10.4. The average molecular weight is 492 g/mol. The van der Waals surface area contributed by atoms with Crippen molar-refractivity contribution in [3.8, 4) is 39.6 Å². The van der Waals surface area contributed by atoms with Crippen LogP contribution in [0.2, 0.25) is 0 Å². The molecule has 9 nitrogen and oxygen atoms in total. The number of amides is 2. The van der Waals surface area contributed by atoms with Crippen LogP contribution in [-0.2, 0) is 4.84 Å². The number of anilines is 1. The van der Waals surface area contributed by atoms with Gasteiger partial charge in [0.15, 0.2) is 11.5 Å². The van der Waals surface area contributed by atoms with Gasteiger partial charge < -0.3 is 24.1 Å². The van der Waals surface area contributed by atoms with E-state index in [0.717, 1.165) is 16.7 Å². The molecule has 3 rings (SSSR count). The van der Waals surface area contributed by atoms with Crippen molar-refractivity contribution in [1.82, 2.24) is 10.5 Å². The molecule has 1 heterocycles. The zero-order chi connectivity index (χ0) is 24.0. The number of carbonyl (C=O) groups excluding carboxylic acids is 1. The number of methoxy groups -OCH3 is 3. The first kappa shape index (κ1) is 26.8. The highest BCUT2D eigenvalue weighted by Crippen LogP contribution is 2.43. The number of hydrogen-bond acceptors (Lipinski definition) is 7. The van der Waals surface area contributed by atoms with Crippen LogP contribution in [0.5, 0.6) is 17.2 Å². The Morgan fingerprint density at radius 1 is 1.03 bits per heavy atom. The number of halogens is 1. The van der Waals surface area contributed by atoms with Gasteiger partial charge in [0.2, 0.25) is 5.75 Å². The molecule has 0 saturated heterocycles. The third kappa shape index (κ3) is 5.73. The van der Waals surface area contributed by atoms with E-state index in [1.807, 2.05) is 32.0 Å². The lowest BCUT2D eigenvalue weighted by atomic mass is 10.0. The number of nitrogens with zero attached hydrogens (tertiary/aromatic N) is 2. The molecule has 0 aliphatic heterocycles. The van der Waals surface area contributed by atoms with E-state index in [1.165, 1.54) is 12.2 Å². The standard InChI is InChI=1S/C24H29N3O6.ClH/c1-15(2)13-25-24(28)27(32-6)18-9-7-8-16(10-18)19-14-33-26-22(19)17-11-20(29-3)23(31-5)21(12-17)30-4;/h7-12,14-15H,13H2,1-6H3,(H,25,28);1H. The maximum atomic E-state index is 12.6. The highest BCUT2D eigenvalue weighted by Gasteiger charge is 2.21. The summed E-state index contributed by atoms with van der Waals surface area (Å²) in [5.74, 6) is 1.81. The fraction of sp³-hybridized carbons (Fsp3) is 0.333. The van der Waals surface area contributed by atoms with Gasteiger partial charge in [-0.05, 0) is 35.7 Å². The second-order valence-electron chi connectivity index (χ2n) is 7.60. The van der Waals surface area contributed by atoms with Gasteiger partial charge in [-0.2, -0.15) is 5.06 Å². The third-order valence-electron chi connectivity index (χ3n) is 4.93. The molecular formula is C24H30ClN3O6. The average Bonchev–Trinajstić information content (AvgIpc) is 3.32. The van der Waals surface area contributed by atoms with Crippen molar-refractivity contribution in [3.05, 3.63) is 42.7 Å². The van der Waals surface area contributed by atoms with Gasteiger partial charge in [0.1, 0.15) is 12.0 Å². The molecule has 0 unspecified atom stereocenters. The van der Waals surface area contributed by atoms with Crippen molar-refractivity contribution < 1.29 is 28.4 Å². The molecule has 0 saturated carbocycles. The predicted octanol–water partition coefficient (Wildman–Crippen LogP) is 5.19. The number of hydroxylamine groups is 1. The summed E-state index contributed by atoms with van der Waals surface area (Å²) in [6.45, 7) is 4.58. The Bertz CT molecular complexity index is 1080. The first-order valence-corrected chi connectivity index (χ1v) is 10.4. The predicted molar refractivity (Wildman–Crippen MR) is 132 cm³/mol. The largest absolute Gasteiger partial charge is 0.493 e. The number of hydrogen-bond donors (Lipinski definition) is 1. The van der Waals surface area contributed by atoms with Crippen LogP contribution in [0.3, 0.4) is 0 Å². The lowest BCUT2D eigenvalue weighted by molar-refractivity contribution is 0.162. The lowest BCUT2D eigenvalue weighted by Crippen LogP contribution is -2.40. The molecule has 0 aliphatic carbocycles. The maximum absolute atomic E-state index is 12.6. The van der Waals surface area contributed by atoms with Gasteiger partial charge in [-0.1, -0.05) is 31.1 Å². The molecule has 34 heavy (non-hydrogen) atoms. The number of ether oxygens (including phenoxy) is 3. The molecule has 1 aromatic heterocycles. The van der Waals surface area contributed by atoms with Crippen LogP contribution in [0.1, 0.15) is 13.8 Å². The van der Waals surface area contributed by atoms with Gasteiger partial charge in [0.25, 0.3) is 0 Å². The summed E-state index contributed by atoms with van der Waals surface area (Å²) in [4.78, 5) is 17.9. The number of nitrogens with one attached hydrogen (secondary N) is 1. The Kier molecular flexibility index (Phi) is 9.58. The summed E-state index contributed by atoms with van der Waals surface area (Å²) in [5.41, 5.74) is 3.38. The molecule has 0 fully saturated rings. The van der Waals surface area contributed by atoms with Crippen molar-refractivity contribution >= 4 is 24.1 Å². The van der Waals surface area contributed by atoms with Crippen LogP contribution in [0.25, 0.3) is 22.4 Å². The summed E-state index contributed by atoms with van der Waals surface area (Å²) < 4.78 is 21.6. The van der Waals surface area contributed by atoms with Gasteiger partial charge >= 0.3 is 6.03 Å². The summed E-state index contributed by atoms with van der Waals surface area (Å²) in [5, 5.41) is 8.25. The molecule has 184 valence electrons. The van der Waals surface area contributed by atoms with Gasteiger partial charge in [-0.15, -0.1) is 12.4 Å². The fourth-order valence-corrected chi connectivity index (χ4v) is 3.34. The zero-order valence-corrected chi connectivity index (χ0v) is 20.9. The van der Waals surface area contributed by atoms with Gasteiger partial charge in [-0.3, -0.25) is 4.84 Å². The number of aromatic nitrogens is 1. The van der Waals surface area contributed by atoms with Crippen molar-refractivity contribution in [3.63, 3.8) is 0 Å². The Hall–Kier alpha value is -3.43. The van der Waals surface area contributed by atoms with Crippen LogP contribution in [0, 0.1) is 5.92 Å². The minimum Gasteiger partial charge on any atom is -0.493 e. The molecular weight excluding hydrogens is 462 g/mol. The summed E-state index contributed by atoms with van der Waals surface area (Å²) in [7, 11) is 6.10. The van der Waals surface area contributed by atoms with Crippen LogP contribution < -0.4 is 24.6 Å². The molecule has 10 heteroatoms. The van der Waals surface area contributed by atoms with Crippen LogP contribution in [0.15, 0.2) is 47.2 Å². The minimum atomic E-state index is -0.349. The number of rotatable bonds is 9. The van der Waals surface area contributed by atoms with E-state index in [4.69, 9.17) is 23.6 Å².